The average Bonchev–Trinajstić information content (AvgIpc) is 2.64. The lowest BCUT2D eigenvalue weighted by molar-refractivity contribution is 0.0942. The molecule has 170 valence electrons. The molecular weight excluding hydrogens is 398 g/mol. The van der Waals surface area contributed by atoms with Crippen molar-refractivity contribution in [3.63, 3.8) is 0 Å². The Balaban J connectivity index is 1.97. The molecule has 7 heteroatoms. The Hall–Kier alpha value is -1.60. The van der Waals surface area contributed by atoms with E-state index < -0.39 is 15.3 Å². The van der Waals surface area contributed by atoms with Crippen LogP contribution in [0.4, 0.5) is 5.69 Å². The standard InChI is InChI=1S/C23H39N3O3S/c1-14(2)25-23(27)21-12-16(5)22(18(7)17(21)6)24-13-19-8-10-20(11-9-19)26-30(28,29)15(3)4/h12,14-15,19-20,24,26H,8-11,13H2,1-7H3,(H,25,27)/t19-,20-. The molecule has 1 aliphatic carbocycles. The maximum atomic E-state index is 12.5. The summed E-state index contributed by atoms with van der Waals surface area (Å²) in [6, 6.07) is 2.13. The highest BCUT2D eigenvalue weighted by Crippen LogP contribution is 2.29. The zero-order chi connectivity index (χ0) is 22.6. The van der Waals surface area contributed by atoms with Crippen molar-refractivity contribution < 1.29 is 13.2 Å². The number of sulfonamides is 1. The predicted octanol–water partition coefficient (Wildman–Crippen LogP) is 4.05. The number of rotatable bonds is 8. The van der Waals surface area contributed by atoms with Gasteiger partial charge in [-0.1, -0.05) is 0 Å². The Kier molecular flexibility index (Phi) is 8.34. The number of anilines is 1. The Morgan fingerprint density at radius 2 is 1.63 bits per heavy atom. The molecule has 6 nitrogen and oxygen atoms in total. The lowest BCUT2D eigenvalue weighted by Gasteiger charge is -2.30. The fourth-order valence-corrected chi connectivity index (χ4v) is 5.00. The third kappa shape index (κ3) is 6.20. The molecule has 0 aliphatic heterocycles. The molecule has 0 radical (unpaired) electrons. The van der Waals surface area contributed by atoms with Gasteiger partial charge in [-0.2, -0.15) is 0 Å². The van der Waals surface area contributed by atoms with Gasteiger partial charge in [0.05, 0.1) is 5.25 Å². The first-order valence-electron chi connectivity index (χ1n) is 11.1. The molecule has 30 heavy (non-hydrogen) atoms. The van der Waals surface area contributed by atoms with E-state index in [1.165, 1.54) is 0 Å². The monoisotopic (exact) mass is 437 g/mol. The van der Waals surface area contributed by atoms with Crippen molar-refractivity contribution in [2.45, 2.75) is 91.5 Å². The fraction of sp³-hybridized carbons (Fsp3) is 0.696. The highest BCUT2D eigenvalue weighted by Gasteiger charge is 2.26. The van der Waals surface area contributed by atoms with Crippen LogP contribution in [0.15, 0.2) is 6.07 Å². The number of aryl methyl sites for hydroxylation is 1. The third-order valence-corrected chi connectivity index (χ3v) is 8.03. The molecule has 1 aromatic carbocycles. The van der Waals surface area contributed by atoms with Crippen molar-refractivity contribution in [2.75, 3.05) is 11.9 Å². The Morgan fingerprint density at radius 1 is 1.03 bits per heavy atom. The maximum absolute atomic E-state index is 12.5. The van der Waals surface area contributed by atoms with Crippen LogP contribution in [-0.4, -0.2) is 38.2 Å². The number of hydrogen-bond acceptors (Lipinski definition) is 4. The van der Waals surface area contributed by atoms with E-state index in [0.717, 1.165) is 60.2 Å². The van der Waals surface area contributed by atoms with Crippen LogP contribution in [0.1, 0.15) is 80.4 Å². The summed E-state index contributed by atoms with van der Waals surface area (Å²) >= 11 is 0. The van der Waals surface area contributed by atoms with Crippen molar-refractivity contribution in [3.8, 4) is 0 Å². The molecule has 1 aromatic rings. The number of carbonyl (C=O) groups excluding carboxylic acids is 1. The molecule has 0 spiro atoms. The van der Waals surface area contributed by atoms with E-state index in [0.29, 0.717) is 5.92 Å². The van der Waals surface area contributed by atoms with E-state index in [2.05, 4.69) is 22.3 Å². The summed E-state index contributed by atoms with van der Waals surface area (Å²) in [5.74, 6) is 0.496. The Morgan fingerprint density at radius 3 is 2.17 bits per heavy atom. The van der Waals surface area contributed by atoms with Crippen molar-refractivity contribution in [3.05, 3.63) is 28.3 Å². The van der Waals surface area contributed by atoms with Crippen LogP contribution in [0.25, 0.3) is 0 Å². The van der Waals surface area contributed by atoms with Crippen LogP contribution < -0.4 is 15.4 Å². The van der Waals surface area contributed by atoms with Crippen LogP contribution in [0.3, 0.4) is 0 Å². The molecular formula is C23H39N3O3S. The van der Waals surface area contributed by atoms with Crippen molar-refractivity contribution in [1.29, 1.82) is 0 Å². The maximum Gasteiger partial charge on any atom is 0.251 e. The predicted molar refractivity (Wildman–Crippen MR) is 125 cm³/mol. The zero-order valence-corrected chi connectivity index (χ0v) is 20.4. The minimum absolute atomic E-state index is 0.0255. The van der Waals surface area contributed by atoms with E-state index in [4.69, 9.17) is 0 Å². The smallest absolute Gasteiger partial charge is 0.251 e. The molecule has 1 amide bonds. The highest BCUT2D eigenvalue weighted by atomic mass is 32.2. The lowest BCUT2D eigenvalue weighted by Crippen LogP contribution is -2.41. The Labute approximate surface area is 182 Å². The first-order chi connectivity index (χ1) is 13.9. The second-order valence-electron chi connectivity index (χ2n) is 9.30. The van der Waals surface area contributed by atoms with Crippen LogP contribution in [0.5, 0.6) is 0 Å². The molecule has 2 rings (SSSR count). The largest absolute Gasteiger partial charge is 0.384 e. The molecule has 0 unspecified atom stereocenters. The van der Waals surface area contributed by atoms with Crippen molar-refractivity contribution in [1.82, 2.24) is 10.0 Å². The highest BCUT2D eigenvalue weighted by molar-refractivity contribution is 7.90. The molecule has 1 saturated carbocycles. The second kappa shape index (κ2) is 10.1. The van der Waals surface area contributed by atoms with Gasteiger partial charge in [0.2, 0.25) is 10.0 Å². The van der Waals surface area contributed by atoms with Gasteiger partial charge >= 0.3 is 0 Å². The summed E-state index contributed by atoms with van der Waals surface area (Å²) in [6.45, 7) is 14.3. The summed E-state index contributed by atoms with van der Waals surface area (Å²) in [4.78, 5) is 12.5. The van der Waals surface area contributed by atoms with Crippen molar-refractivity contribution in [2.24, 2.45) is 5.92 Å². The van der Waals surface area contributed by atoms with Gasteiger partial charge in [-0.25, -0.2) is 13.1 Å². The molecule has 0 aromatic heterocycles. The van der Waals surface area contributed by atoms with Crippen LogP contribution in [0.2, 0.25) is 0 Å². The number of nitrogens with one attached hydrogen (secondary N) is 3. The average molecular weight is 438 g/mol. The van der Waals surface area contributed by atoms with Crippen LogP contribution >= 0.6 is 0 Å². The molecule has 0 saturated heterocycles. The molecule has 3 N–H and O–H groups in total. The minimum Gasteiger partial charge on any atom is -0.384 e. The molecule has 1 aliphatic rings. The number of benzene rings is 1. The van der Waals surface area contributed by atoms with Crippen molar-refractivity contribution >= 4 is 21.6 Å². The van der Waals surface area contributed by atoms with E-state index in [1.54, 1.807) is 13.8 Å². The zero-order valence-electron chi connectivity index (χ0n) is 19.6. The summed E-state index contributed by atoms with van der Waals surface area (Å²) < 4.78 is 27.0. The quantitative estimate of drug-likeness (QED) is 0.573. The summed E-state index contributed by atoms with van der Waals surface area (Å²) in [7, 11) is -3.20. The molecule has 1 fully saturated rings. The van der Waals surface area contributed by atoms with Gasteiger partial charge in [0.15, 0.2) is 0 Å². The number of hydrogen-bond donors (Lipinski definition) is 3. The van der Waals surface area contributed by atoms with Crippen LogP contribution in [-0.2, 0) is 10.0 Å². The topological polar surface area (TPSA) is 87.3 Å². The van der Waals surface area contributed by atoms with Gasteiger partial charge in [-0.05, 0) is 103 Å². The van der Waals surface area contributed by atoms with E-state index in [-0.39, 0.29) is 18.0 Å². The SMILES string of the molecule is Cc1cc(C(=O)NC(C)C)c(C)c(C)c1NC[C@H]1CC[C@H](NS(=O)(=O)C(C)C)CC1. The summed E-state index contributed by atoms with van der Waals surface area (Å²) in [5.41, 5.74) is 5.04. The van der Waals surface area contributed by atoms with Gasteiger partial charge < -0.3 is 10.6 Å². The van der Waals surface area contributed by atoms with Gasteiger partial charge in [-0.15, -0.1) is 0 Å². The van der Waals surface area contributed by atoms with Gasteiger partial charge in [0.25, 0.3) is 5.91 Å². The molecule has 0 bridgehead atoms. The fourth-order valence-electron chi connectivity index (χ4n) is 4.03. The second-order valence-corrected chi connectivity index (χ2v) is 11.6. The number of amides is 1. The first kappa shape index (κ1) is 24.7. The van der Waals surface area contributed by atoms with Crippen LogP contribution in [0, 0.1) is 26.7 Å². The van der Waals surface area contributed by atoms with Gasteiger partial charge in [0, 0.05) is 29.9 Å². The minimum atomic E-state index is -3.20. The number of carbonyl (C=O) groups is 1. The van der Waals surface area contributed by atoms with E-state index in [9.17, 15) is 13.2 Å². The molecule has 0 atom stereocenters. The summed E-state index contributed by atoms with van der Waals surface area (Å²) in [6.07, 6.45) is 3.77. The van der Waals surface area contributed by atoms with E-state index in [1.807, 2.05) is 33.8 Å². The summed E-state index contributed by atoms with van der Waals surface area (Å²) in [5, 5.41) is 6.19. The third-order valence-electron chi connectivity index (χ3n) is 6.13. The first-order valence-corrected chi connectivity index (χ1v) is 12.6. The Bertz CT molecular complexity index is 855. The van der Waals surface area contributed by atoms with E-state index >= 15 is 0 Å². The lowest BCUT2D eigenvalue weighted by atomic mass is 9.86. The molecule has 0 heterocycles. The normalized spacial score (nSPS) is 19.9. The van der Waals surface area contributed by atoms with Gasteiger partial charge in [0.1, 0.15) is 0 Å². The van der Waals surface area contributed by atoms with Gasteiger partial charge in [-0.3, -0.25) is 4.79 Å².